The smallest absolute Gasteiger partial charge is 0.205 e. The number of benzene rings is 1. The Hall–Kier alpha value is -2.39. The van der Waals surface area contributed by atoms with Crippen LogP contribution in [0.2, 0.25) is 0 Å². The molecule has 1 aromatic heterocycles. The second-order valence-electron chi connectivity index (χ2n) is 7.06. The molecule has 0 atom stereocenters. The molecule has 0 bridgehead atoms. The van der Waals surface area contributed by atoms with Crippen LogP contribution in [0, 0.1) is 0 Å². The monoisotopic (exact) mass is 432 g/mol. The molecule has 1 aliphatic rings. The third kappa shape index (κ3) is 6.30. The van der Waals surface area contributed by atoms with E-state index in [4.69, 9.17) is 9.47 Å². The molecule has 2 aromatic rings. The van der Waals surface area contributed by atoms with E-state index in [1.807, 2.05) is 19.2 Å². The molecule has 2 heterocycles. The number of aromatic nitrogens is 2. The van der Waals surface area contributed by atoms with Gasteiger partial charge in [-0.3, -0.25) is 4.99 Å². The lowest BCUT2D eigenvalue weighted by atomic mass is 10.2. The Balaban J connectivity index is 1.47. The van der Waals surface area contributed by atoms with Gasteiger partial charge in [-0.2, -0.15) is 4.37 Å². The molecule has 3 rings (SSSR count). The molecule has 0 spiro atoms. The van der Waals surface area contributed by atoms with Gasteiger partial charge < -0.3 is 24.6 Å². The number of hydrogen-bond donors (Lipinski definition) is 1. The number of aryl methyl sites for hydroxylation is 1. The summed E-state index contributed by atoms with van der Waals surface area (Å²) in [5.74, 6) is 2.74. The van der Waals surface area contributed by atoms with E-state index in [0.717, 1.165) is 61.7 Å². The third-order valence-corrected chi connectivity index (χ3v) is 5.76. The van der Waals surface area contributed by atoms with E-state index in [0.29, 0.717) is 19.8 Å². The molecule has 9 heteroatoms. The Morgan fingerprint density at radius 3 is 2.77 bits per heavy atom. The number of ether oxygens (including phenoxy) is 2. The van der Waals surface area contributed by atoms with Gasteiger partial charge in [0.05, 0.1) is 6.61 Å². The molecule has 30 heavy (non-hydrogen) atoms. The number of guanidine groups is 1. The van der Waals surface area contributed by atoms with E-state index in [1.165, 1.54) is 17.1 Å². The number of nitrogens with zero attached hydrogens (tertiary/aromatic N) is 5. The molecule has 0 unspecified atom stereocenters. The van der Waals surface area contributed by atoms with Crippen LogP contribution in [0.1, 0.15) is 24.7 Å². The Morgan fingerprint density at radius 1 is 1.23 bits per heavy atom. The minimum Gasteiger partial charge on any atom is -0.493 e. The van der Waals surface area contributed by atoms with Crippen LogP contribution in [0.4, 0.5) is 5.13 Å². The molecule has 8 nitrogen and oxygen atoms in total. The number of rotatable bonds is 9. The van der Waals surface area contributed by atoms with Crippen molar-refractivity contribution in [3.05, 3.63) is 35.7 Å². The highest BCUT2D eigenvalue weighted by Crippen LogP contribution is 2.19. The highest BCUT2D eigenvalue weighted by molar-refractivity contribution is 7.09. The van der Waals surface area contributed by atoms with Crippen LogP contribution in [0.3, 0.4) is 0 Å². The maximum absolute atomic E-state index is 5.80. The SMILES string of the molecule is CCc1nsc(N2CCN(C(=NC)NCc3cccc(OCCCOC)c3)CC2)n1. The fourth-order valence-electron chi connectivity index (χ4n) is 3.28. The lowest BCUT2D eigenvalue weighted by Gasteiger charge is -2.36. The molecular weight excluding hydrogens is 400 g/mol. The normalized spacial score (nSPS) is 14.8. The number of aliphatic imine (C=N–C) groups is 1. The summed E-state index contributed by atoms with van der Waals surface area (Å²) in [6.45, 7) is 7.82. The first-order valence-electron chi connectivity index (χ1n) is 10.5. The summed E-state index contributed by atoms with van der Waals surface area (Å²) in [4.78, 5) is 13.7. The van der Waals surface area contributed by atoms with Crippen molar-refractivity contribution in [2.45, 2.75) is 26.3 Å². The van der Waals surface area contributed by atoms with Gasteiger partial charge in [0.25, 0.3) is 0 Å². The van der Waals surface area contributed by atoms with Gasteiger partial charge in [-0.1, -0.05) is 19.1 Å². The van der Waals surface area contributed by atoms with Crippen molar-refractivity contribution in [2.75, 3.05) is 58.5 Å². The zero-order valence-corrected chi connectivity index (χ0v) is 19.0. The molecule has 1 saturated heterocycles. The van der Waals surface area contributed by atoms with Gasteiger partial charge in [0.1, 0.15) is 11.6 Å². The van der Waals surface area contributed by atoms with Crippen LogP contribution in [0.15, 0.2) is 29.3 Å². The minimum absolute atomic E-state index is 0.658. The zero-order valence-electron chi connectivity index (χ0n) is 18.1. The van der Waals surface area contributed by atoms with Gasteiger partial charge in [0.2, 0.25) is 5.13 Å². The van der Waals surface area contributed by atoms with Gasteiger partial charge in [0, 0.05) is 77.9 Å². The van der Waals surface area contributed by atoms with E-state index in [1.54, 1.807) is 7.11 Å². The molecule has 1 N–H and O–H groups in total. The van der Waals surface area contributed by atoms with Crippen LogP contribution < -0.4 is 15.0 Å². The van der Waals surface area contributed by atoms with Crippen molar-refractivity contribution in [3.8, 4) is 5.75 Å². The highest BCUT2D eigenvalue weighted by atomic mass is 32.1. The minimum atomic E-state index is 0.658. The quantitative estimate of drug-likeness (QED) is 0.370. The maximum Gasteiger partial charge on any atom is 0.205 e. The average Bonchev–Trinajstić information content (AvgIpc) is 3.27. The standard InChI is InChI=1S/C21H32N6O2S/c1-4-19-24-21(30-25-19)27-11-9-26(10-12-27)20(22-2)23-16-17-7-5-8-18(15-17)29-14-6-13-28-3/h5,7-8,15H,4,6,9-14,16H2,1-3H3,(H,22,23). The lowest BCUT2D eigenvalue weighted by Crippen LogP contribution is -2.52. The molecule has 1 fully saturated rings. The Bertz CT molecular complexity index is 804. The summed E-state index contributed by atoms with van der Waals surface area (Å²) in [6, 6.07) is 8.19. The number of anilines is 1. The molecule has 0 radical (unpaired) electrons. The van der Waals surface area contributed by atoms with Crippen molar-refractivity contribution >= 4 is 22.6 Å². The van der Waals surface area contributed by atoms with E-state index in [9.17, 15) is 0 Å². The second kappa shape index (κ2) is 11.7. The van der Waals surface area contributed by atoms with Gasteiger partial charge in [-0.05, 0) is 17.7 Å². The number of nitrogens with one attached hydrogen (secondary N) is 1. The first kappa shape index (κ1) is 22.3. The van der Waals surface area contributed by atoms with Crippen molar-refractivity contribution in [3.63, 3.8) is 0 Å². The summed E-state index contributed by atoms with van der Waals surface area (Å²) >= 11 is 1.49. The molecule has 1 aromatic carbocycles. The molecule has 1 aliphatic heterocycles. The van der Waals surface area contributed by atoms with Gasteiger partial charge in [-0.15, -0.1) is 0 Å². The van der Waals surface area contributed by atoms with Crippen LogP contribution in [-0.2, 0) is 17.7 Å². The lowest BCUT2D eigenvalue weighted by molar-refractivity contribution is 0.172. The summed E-state index contributed by atoms with van der Waals surface area (Å²) in [5, 5.41) is 4.51. The molecule has 164 valence electrons. The molecular formula is C21H32N6O2S. The van der Waals surface area contributed by atoms with Crippen LogP contribution in [0.5, 0.6) is 5.75 Å². The molecule has 0 saturated carbocycles. The first-order chi connectivity index (χ1) is 14.7. The number of piperazine rings is 1. The largest absolute Gasteiger partial charge is 0.493 e. The van der Waals surface area contributed by atoms with Crippen molar-refractivity contribution in [1.82, 2.24) is 19.6 Å². The summed E-state index contributed by atoms with van der Waals surface area (Å²) in [7, 11) is 3.54. The fraction of sp³-hybridized carbons (Fsp3) is 0.571. The fourth-order valence-corrected chi connectivity index (χ4v) is 4.08. The highest BCUT2D eigenvalue weighted by Gasteiger charge is 2.22. The van der Waals surface area contributed by atoms with Gasteiger partial charge >= 0.3 is 0 Å². The summed E-state index contributed by atoms with van der Waals surface area (Å²) < 4.78 is 15.3. The van der Waals surface area contributed by atoms with Crippen LogP contribution in [0.25, 0.3) is 0 Å². The van der Waals surface area contributed by atoms with E-state index in [-0.39, 0.29) is 0 Å². The van der Waals surface area contributed by atoms with Crippen LogP contribution >= 0.6 is 11.5 Å². The number of hydrogen-bond acceptors (Lipinski definition) is 7. The first-order valence-corrected chi connectivity index (χ1v) is 11.2. The molecule has 0 aliphatic carbocycles. The summed E-state index contributed by atoms with van der Waals surface area (Å²) in [6.07, 6.45) is 1.76. The van der Waals surface area contributed by atoms with Gasteiger partial charge in [-0.25, -0.2) is 4.98 Å². The van der Waals surface area contributed by atoms with E-state index >= 15 is 0 Å². The summed E-state index contributed by atoms with van der Waals surface area (Å²) in [5.41, 5.74) is 1.17. The van der Waals surface area contributed by atoms with Crippen LogP contribution in [-0.4, -0.2) is 73.8 Å². The molecule has 0 amide bonds. The van der Waals surface area contributed by atoms with Crippen molar-refractivity contribution < 1.29 is 9.47 Å². The predicted octanol–water partition coefficient (Wildman–Crippen LogP) is 2.41. The number of methoxy groups -OCH3 is 1. The average molecular weight is 433 g/mol. The third-order valence-electron chi connectivity index (χ3n) is 4.95. The zero-order chi connectivity index (χ0) is 21.2. The van der Waals surface area contributed by atoms with E-state index < -0.39 is 0 Å². The second-order valence-corrected chi connectivity index (χ2v) is 7.79. The Kier molecular flexibility index (Phi) is 8.70. The Labute approximate surface area is 183 Å². The van der Waals surface area contributed by atoms with E-state index in [2.05, 4.69) is 48.5 Å². The Morgan fingerprint density at radius 2 is 2.07 bits per heavy atom. The van der Waals surface area contributed by atoms with Crippen molar-refractivity contribution in [1.29, 1.82) is 0 Å². The van der Waals surface area contributed by atoms with Crippen molar-refractivity contribution in [2.24, 2.45) is 4.99 Å². The maximum atomic E-state index is 5.80. The predicted molar refractivity (Wildman–Crippen MR) is 122 cm³/mol. The van der Waals surface area contributed by atoms with Gasteiger partial charge in [0.15, 0.2) is 5.96 Å². The topological polar surface area (TPSA) is 75.1 Å².